The zero-order chi connectivity index (χ0) is 12.2. The minimum Gasteiger partial charge on any atom is -0.394 e. The first-order valence-electron chi connectivity index (χ1n) is 6.30. The number of aliphatic hydroxyl groups excluding tert-OH is 1. The SMILES string of the molecule is Cc1nn(C)c(N2CC3CCC(O)C3C2)c1N. The normalized spacial score (nSPS) is 32.2. The van der Waals surface area contributed by atoms with Crippen LogP contribution in [-0.2, 0) is 7.05 Å². The Bertz CT molecular complexity index is 442. The van der Waals surface area contributed by atoms with Gasteiger partial charge in [0.25, 0.3) is 0 Å². The van der Waals surface area contributed by atoms with E-state index in [1.54, 1.807) is 0 Å². The summed E-state index contributed by atoms with van der Waals surface area (Å²) < 4.78 is 1.86. The molecule has 3 atom stereocenters. The van der Waals surface area contributed by atoms with E-state index in [1.165, 1.54) is 0 Å². The van der Waals surface area contributed by atoms with E-state index in [4.69, 9.17) is 5.73 Å². The first kappa shape index (κ1) is 10.9. The fraction of sp³-hybridized carbons (Fsp3) is 0.750. The van der Waals surface area contributed by atoms with Crippen LogP contribution in [-0.4, -0.2) is 34.1 Å². The lowest BCUT2D eigenvalue weighted by Crippen LogP contribution is -2.26. The highest BCUT2D eigenvalue weighted by atomic mass is 16.3. The van der Waals surface area contributed by atoms with Crippen molar-refractivity contribution in [3.8, 4) is 0 Å². The Hall–Kier alpha value is -1.23. The molecule has 5 nitrogen and oxygen atoms in total. The number of hydrogen-bond donors (Lipinski definition) is 2. The molecule has 1 aromatic heterocycles. The van der Waals surface area contributed by atoms with Crippen LogP contribution in [0.5, 0.6) is 0 Å². The lowest BCUT2D eigenvalue weighted by Gasteiger charge is -2.21. The summed E-state index contributed by atoms with van der Waals surface area (Å²) in [5.74, 6) is 2.06. The molecule has 1 aromatic rings. The average Bonchev–Trinajstić information content (AvgIpc) is 2.87. The molecule has 2 fully saturated rings. The fourth-order valence-electron chi connectivity index (χ4n) is 3.45. The van der Waals surface area contributed by atoms with Gasteiger partial charge in [-0.05, 0) is 25.7 Å². The molecule has 1 saturated heterocycles. The second kappa shape index (κ2) is 3.63. The summed E-state index contributed by atoms with van der Waals surface area (Å²) >= 11 is 0. The van der Waals surface area contributed by atoms with Crippen molar-refractivity contribution in [2.45, 2.75) is 25.9 Å². The van der Waals surface area contributed by atoms with Gasteiger partial charge in [0.1, 0.15) is 5.82 Å². The van der Waals surface area contributed by atoms with E-state index in [-0.39, 0.29) is 6.10 Å². The Morgan fingerprint density at radius 2 is 2.12 bits per heavy atom. The molecule has 2 aliphatic rings. The van der Waals surface area contributed by atoms with Crippen LogP contribution < -0.4 is 10.6 Å². The minimum absolute atomic E-state index is 0.124. The number of aromatic nitrogens is 2. The van der Waals surface area contributed by atoms with Crippen molar-refractivity contribution in [3.63, 3.8) is 0 Å². The van der Waals surface area contributed by atoms with Gasteiger partial charge in [0.2, 0.25) is 0 Å². The van der Waals surface area contributed by atoms with Gasteiger partial charge in [0.15, 0.2) is 0 Å². The van der Waals surface area contributed by atoms with Crippen LogP contribution in [0.1, 0.15) is 18.5 Å². The molecule has 0 radical (unpaired) electrons. The molecular formula is C12H20N4O. The van der Waals surface area contributed by atoms with Crippen LogP contribution in [0.25, 0.3) is 0 Å². The van der Waals surface area contributed by atoms with E-state index in [2.05, 4.69) is 10.00 Å². The third-order valence-electron chi connectivity index (χ3n) is 4.36. The van der Waals surface area contributed by atoms with Crippen molar-refractivity contribution in [1.82, 2.24) is 9.78 Å². The largest absolute Gasteiger partial charge is 0.394 e. The molecule has 1 aliphatic carbocycles. The van der Waals surface area contributed by atoms with Gasteiger partial charge in [0, 0.05) is 26.1 Å². The Labute approximate surface area is 101 Å². The molecule has 3 rings (SSSR count). The molecular weight excluding hydrogens is 216 g/mol. The molecule has 94 valence electrons. The lowest BCUT2D eigenvalue weighted by molar-refractivity contribution is 0.133. The van der Waals surface area contributed by atoms with Crippen LogP contribution in [0.4, 0.5) is 11.5 Å². The number of nitrogens with two attached hydrogens (primary N) is 1. The molecule has 5 heteroatoms. The number of nitrogen functional groups attached to an aromatic ring is 1. The van der Waals surface area contributed by atoms with Gasteiger partial charge >= 0.3 is 0 Å². The summed E-state index contributed by atoms with van der Waals surface area (Å²) in [6.07, 6.45) is 1.97. The second-order valence-electron chi connectivity index (χ2n) is 5.42. The lowest BCUT2D eigenvalue weighted by atomic mass is 10.00. The topological polar surface area (TPSA) is 67.3 Å². The van der Waals surface area contributed by atoms with Crippen LogP contribution in [0.2, 0.25) is 0 Å². The summed E-state index contributed by atoms with van der Waals surface area (Å²) in [5, 5.41) is 14.3. The predicted molar refractivity (Wildman–Crippen MR) is 66.8 cm³/mol. The fourth-order valence-corrected chi connectivity index (χ4v) is 3.45. The number of hydrogen-bond acceptors (Lipinski definition) is 4. The molecule has 3 unspecified atom stereocenters. The van der Waals surface area contributed by atoms with E-state index in [1.807, 2.05) is 18.7 Å². The number of fused-ring (bicyclic) bond motifs is 1. The summed E-state index contributed by atoms with van der Waals surface area (Å²) in [6, 6.07) is 0. The smallest absolute Gasteiger partial charge is 0.150 e. The maximum atomic E-state index is 9.93. The van der Waals surface area contributed by atoms with Gasteiger partial charge in [0.05, 0.1) is 17.5 Å². The number of nitrogens with zero attached hydrogens (tertiary/aromatic N) is 3. The molecule has 0 aromatic carbocycles. The van der Waals surface area contributed by atoms with Crippen LogP contribution in [0.3, 0.4) is 0 Å². The number of anilines is 2. The monoisotopic (exact) mass is 236 g/mol. The van der Waals surface area contributed by atoms with Gasteiger partial charge in [-0.15, -0.1) is 0 Å². The number of rotatable bonds is 1. The van der Waals surface area contributed by atoms with Crippen molar-refractivity contribution in [2.24, 2.45) is 18.9 Å². The number of aryl methyl sites for hydroxylation is 2. The summed E-state index contributed by atoms with van der Waals surface area (Å²) in [5.41, 5.74) is 7.75. The van der Waals surface area contributed by atoms with Crippen molar-refractivity contribution in [3.05, 3.63) is 5.69 Å². The minimum atomic E-state index is -0.124. The first-order valence-corrected chi connectivity index (χ1v) is 6.30. The van der Waals surface area contributed by atoms with Gasteiger partial charge in [-0.2, -0.15) is 5.10 Å². The quantitative estimate of drug-likeness (QED) is 0.746. The van der Waals surface area contributed by atoms with E-state index in [0.717, 1.165) is 43.1 Å². The van der Waals surface area contributed by atoms with E-state index >= 15 is 0 Å². The van der Waals surface area contributed by atoms with Crippen molar-refractivity contribution >= 4 is 11.5 Å². The van der Waals surface area contributed by atoms with Crippen LogP contribution in [0.15, 0.2) is 0 Å². The molecule has 3 N–H and O–H groups in total. The summed E-state index contributed by atoms with van der Waals surface area (Å²) in [6.45, 7) is 3.85. The van der Waals surface area contributed by atoms with Crippen LogP contribution >= 0.6 is 0 Å². The zero-order valence-electron chi connectivity index (χ0n) is 10.4. The predicted octanol–water partition coefficient (Wildman–Crippen LogP) is 0.518. The third-order valence-corrected chi connectivity index (χ3v) is 4.36. The van der Waals surface area contributed by atoms with Gasteiger partial charge in [-0.3, -0.25) is 4.68 Å². The first-order chi connectivity index (χ1) is 8.08. The number of aliphatic hydroxyl groups is 1. The Morgan fingerprint density at radius 3 is 2.71 bits per heavy atom. The third kappa shape index (κ3) is 1.52. The van der Waals surface area contributed by atoms with Crippen molar-refractivity contribution < 1.29 is 5.11 Å². The Morgan fingerprint density at radius 1 is 1.35 bits per heavy atom. The van der Waals surface area contributed by atoms with Crippen molar-refractivity contribution in [1.29, 1.82) is 0 Å². The molecule has 0 bridgehead atoms. The second-order valence-corrected chi connectivity index (χ2v) is 5.42. The zero-order valence-corrected chi connectivity index (χ0v) is 10.4. The molecule has 2 heterocycles. The standard InChI is InChI=1S/C12H20N4O/c1-7-11(13)12(15(2)14-7)16-5-8-3-4-10(17)9(8)6-16/h8-10,17H,3-6,13H2,1-2H3. The maximum absolute atomic E-state index is 9.93. The Kier molecular flexibility index (Phi) is 2.33. The van der Waals surface area contributed by atoms with E-state index in [0.29, 0.717) is 11.8 Å². The molecule has 17 heavy (non-hydrogen) atoms. The molecule has 0 spiro atoms. The maximum Gasteiger partial charge on any atom is 0.150 e. The highest BCUT2D eigenvalue weighted by molar-refractivity contribution is 5.66. The Balaban J connectivity index is 1.87. The van der Waals surface area contributed by atoms with Gasteiger partial charge in [-0.25, -0.2) is 0 Å². The summed E-state index contributed by atoms with van der Waals surface area (Å²) in [4.78, 5) is 2.28. The molecule has 0 amide bonds. The van der Waals surface area contributed by atoms with Gasteiger partial charge in [-0.1, -0.05) is 0 Å². The van der Waals surface area contributed by atoms with Crippen molar-refractivity contribution in [2.75, 3.05) is 23.7 Å². The highest BCUT2D eigenvalue weighted by Gasteiger charge is 2.43. The summed E-state index contributed by atoms with van der Waals surface area (Å²) in [7, 11) is 1.93. The average molecular weight is 236 g/mol. The molecule has 1 aliphatic heterocycles. The van der Waals surface area contributed by atoms with Crippen LogP contribution in [0, 0.1) is 18.8 Å². The molecule has 1 saturated carbocycles. The highest BCUT2D eigenvalue weighted by Crippen LogP contribution is 2.41. The van der Waals surface area contributed by atoms with E-state index in [9.17, 15) is 5.11 Å². The van der Waals surface area contributed by atoms with E-state index < -0.39 is 0 Å². The van der Waals surface area contributed by atoms with Gasteiger partial charge < -0.3 is 15.7 Å².